The Morgan fingerprint density at radius 3 is 2.40 bits per heavy atom. The van der Waals surface area contributed by atoms with Gasteiger partial charge in [-0.05, 0) is 30.5 Å². The number of halogens is 2. The van der Waals surface area contributed by atoms with Crippen LogP contribution >= 0.6 is 0 Å². The number of hydrogen-bond acceptors (Lipinski definition) is 2. The molecule has 1 rings (SSSR count). The van der Waals surface area contributed by atoms with Crippen LogP contribution in [0.3, 0.4) is 0 Å². The second-order valence-corrected chi connectivity index (χ2v) is 4.71. The van der Waals surface area contributed by atoms with Gasteiger partial charge in [0.1, 0.15) is 0 Å². The fourth-order valence-corrected chi connectivity index (χ4v) is 1.66. The molecule has 1 aromatic carbocycles. The molecule has 0 aliphatic carbocycles. The van der Waals surface area contributed by atoms with Crippen LogP contribution in [0, 0.1) is 11.6 Å². The minimum atomic E-state index is -3.98. The van der Waals surface area contributed by atoms with Crippen LogP contribution < -0.4 is 0 Å². The van der Waals surface area contributed by atoms with Gasteiger partial charge in [0.2, 0.25) is 0 Å². The summed E-state index contributed by atoms with van der Waals surface area (Å²) in [7, 11) is -3.98. The Labute approximate surface area is 86.5 Å². The molecule has 15 heavy (non-hydrogen) atoms. The molecule has 0 atom stereocenters. The second-order valence-electron chi connectivity index (χ2n) is 3.14. The number of benzene rings is 1. The van der Waals surface area contributed by atoms with E-state index in [4.69, 9.17) is 4.55 Å². The largest absolute Gasteiger partial charge is 0.286 e. The first-order valence-electron chi connectivity index (χ1n) is 4.27. The smallest absolute Gasteiger partial charge is 0.264 e. The van der Waals surface area contributed by atoms with Gasteiger partial charge in [0.25, 0.3) is 10.1 Å². The highest BCUT2D eigenvalue weighted by molar-refractivity contribution is 7.85. The Bertz CT molecular complexity index is 443. The monoisotopic (exact) mass is 236 g/mol. The van der Waals surface area contributed by atoms with Gasteiger partial charge in [0, 0.05) is 0 Å². The molecule has 0 heterocycles. The zero-order chi connectivity index (χ0) is 11.5. The minimum Gasteiger partial charge on any atom is -0.286 e. The first kappa shape index (κ1) is 12.1. The molecule has 6 heteroatoms. The molecule has 1 aromatic rings. The van der Waals surface area contributed by atoms with Gasteiger partial charge in [-0.15, -0.1) is 0 Å². The SMILES string of the molecule is O=S(=O)(O)CCCc1ccc(F)c(F)c1. The molecule has 0 aliphatic rings. The van der Waals surface area contributed by atoms with Gasteiger partial charge in [-0.3, -0.25) is 4.55 Å². The van der Waals surface area contributed by atoms with E-state index < -0.39 is 21.8 Å². The summed E-state index contributed by atoms with van der Waals surface area (Å²) in [6.45, 7) is 0. The van der Waals surface area contributed by atoms with Gasteiger partial charge in [-0.1, -0.05) is 6.07 Å². The van der Waals surface area contributed by atoms with Gasteiger partial charge < -0.3 is 0 Å². The maximum Gasteiger partial charge on any atom is 0.264 e. The Morgan fingerprint density at radius 1 is 1.20 bits per heavy atom. The molecule has 0 saturated heterocycles. The van der Waals surface area contributed by atoms with Crippen LogP contribution in [0.25, 0.3) is 0 Å². The molecule has 84 valence electrons. The Balaban J connectivity index is 2.55. The van der Waals surface area contributed by atoms with E-state index in [9.17, 15) is 17.2 Å². The van der Waals surface area contributed by atoms with Gasteiger partial charge in [-0.2, -0.15) is 8.42 Å². The second kappa shape index (κ2) is 4.67. The number of aryl methyl sites for hydroxylation is 1. The lowest BCUT2D eigenvalue weighted by atomic mass is 10.1. The van der Waals surface area contributed by atoms with Crippen molar-refractivity contribution < 1.29 is 21.8 Å². The summed E-state index contributed by atoms with van der Waals surface area (Å²) >= 11 is 0. The molecule has 0 fully saturated rings. The predicted octanol–water partition coefficient (Wildman–Crippen LogP) is 1.79. The highest BCUT2D eigenvalue weighted by Crippen LogP contribution is 2.10. The minimum absolute atomic E-state index is 0.171. The molecular weight excluding hydrogens is 226 g/mol. The topological polar surface area (TPSA) is 54.4 Å². The van der Waals surface area contributed by atoms with Crippen LogP contribution in [-0.4, -0.2) is 18.7 Å². The van der Waals surface area contributed by atoms with Crippen molar-refractivity contribution in [3.8, 4) is 0 Å². The van der Waals surface area contributed by atoms with Crippen molar-refractivity contribution in [3.05, 3.63) is 35.4 Å². The Morgan fingerprint density at radius 2 is 1.87 bits per heavy atom. The first-order valence-corrected chi connectivity index (χ1v) is 5.88. The lowest BCUT2D eigenvalue weighted by molar-refractivity contribution is 0.481. The van der Waals surface area contributed by atoms with E-state index in [1.54, 1.807) is 0 Å². The molecule has 0 spiro atoms. The van der Waals surface area contributed by atoms with Gasteiger partial charge >= 0.3 is 0 Å². The molecule has 3 nitrogen and oxygen atoms in total. The summed E-state index contributed by atoms with van der Waals surface area (Å²) in [6, 6.07) is 3.37. The van der Waals surface area contributed by atoms with Gasteiger partial charge in [0.15, 0.2) is 11.6 Å². The molecule has 0 amide bonds. The first-order chi connectivity index (χ1) is 6.88. The normalized spacial score (nSPS) is 11.7. The maximum atomic E-state index is 12.7. The fraction of sp³-hybridized carbons (Fsp3) is 0.333. The quantitative estimate of drug-likeness (QED) is 0.811. The third-order valence-electron chi connectivity index (χ3n) is 1.85. The van der Waals surface area contributed by atoms with Crippen LogP contribution in [-0.2, 0) is 16.5 Å². The van der Waals surface area contributed by atoms with E-state index in [0.29, 0.717) is 5.56 Å². The summed E-state index contributed by atoms with van der Waals surface area (Å²) < 4.78 is 54.4. The Kier molecular flexibility index (Phi) is 3.76. The van der Waals surface area contributed by atoms with E-state index >= 15 is 0 Å². The predicted molar refractivity (Wildman–Crippen MR) is 51.1 cm³/mol. The lowest BCUT2D eigenvalue weighted by Crippen LogP contribution is -2.04. The molecule has 0 radical (unpaired) electrons. The van der Waals surface area contributed by atoms with Crippen LogP contribution in [0.15, 0.2) is 18.2 Å². The third kappa shape index (κ3) is 4.35. The van der Waals surface area contributed by atoms with Crippen LogP contribution in [0.5, 0.6) is 0 Å². The van der Waals surface area contributed by atoms with E-state index in [1.807, 2.05) is 0 Å². The maximum absolute atomic E-state index is 12.7. The average Bonchev–Trinajstić information content (AvgIpc) is 2.09. The zero-order valence-electron chi connectivity index (χ0n) is 7.78. The fourth-order valence-electron chi connectivity index (χ4n) is 1.15. The molecule has 0 aromatic heterocycles. The molecule has 0 unspecified atom stereocenters. The highest BCUT2D eigenvalue weighted by atomic mass is 32.2. The van der Waals surface area contributed by atoms with Crippen molar-refractivity contribution in [3.63, 3.8) is 0 Å². The third-order valence-corrected chi connectivity index (χ3v) is 2.66. The van der Waals surface area contributed by atoms with Gasteiger partial charge in [0.05, 0.1) is 5.75 Å². The van der Waals surface area contributed by atoms with Crippen molar-refractivity contribution in [2.45, 2.75) is 12.8 Å². The highest BCUT2D eigenvalue weighted by Gasteiger charge is 2.06. The van der Waals surface area contributed by atoms with E-state index in [0.717, 1.165) is 12.1 Å². The molecular formula is C9H10F2O3S. The zero-order valence-corrected chi connectivity index (χ0v) is 8.60. The molecule has 1 N–H and O–H groups in total. The van der Waals surface area contributed by atoms with Crippen LogP contribution in [0.1, 0.15) is 12.0 Å². The van der Waals surface area contributed by atoms with E-state index in [-0.39, 0.29) is 18.6 Å². The number of rotatable bonds is 4. The van der Waals surface area contributed by atoms with E-state index in [1.165, 1.54) is 6.07 Å². The number of hydrogen-bond donors (Lipinski definition) is 1. The van der Waals surface area contributed by atoms with Crippen molar-refractivity contribution in [1.29, 1.82) is 0 Å². The summed E-state index contributed by atoms with van der Waals surface area (Å²) in [6.07, 6.45) is 0.445. The molecule has 0 aliphatic heterocycles. The van der Waals surface area contributed by atoms with Crippen molar-refractivity contribution in [1.82, 2.24) is 0 Å². The summed E-state index contributed by atoms with van der Waals surface area (Å²) in [5, 5.41) is 0. The summed E-state index contributed by atoms with van der Waals surface area (Å²) in [5.41, 5.74) is 0.498. The molecule has 0 bridgehead atoms. The van der Waals surface area contributed by atoms with Crippen molar-refractivity contribution in [2.75, 3.05) is 5.75 Å². The van der Waals surface area contributed by atoms with Gasteiger partial charge in [-0.25, -0.2) is 8.78 Å². The van der Waals surface area contributed by atoms with Crippen molar-refractivity contribution in [2.24, 2.45) is 0 Å². The summed E-state index contributed by atoms with van der Waals surface area (Å²) in [5.74, 6) is -2.28. The van der Waals surface area contributed by atoms with Crippen LogP contribution in [0.4, 0.5) is 8.78 Å². The lowest BCUT2D eigenvalue weighted by Gasteiger charge is -2.00. The standard InChI is InChI=1S/C9H10F2O3S/c10-8-4-3-7(6-9(8)11)2-1-5-15(12,13)14/h3-4,6H,1-2,5H2,(H,12,13,14). The Hall–Kier alpha value is -1.01. The average molecular weight is 236 g/mol. The molecule has 0 saturated carbocycles. The van der Waals surface area contributed by atoms with E-state index in [2.05, 4.69) is 0 Å². The summed E-state index contributed by atoms with van der Waals surface area (Å²) in [4.78, 5) is 0. The van der Waals surface area contributed by atoms with Crippen molar-refractivity contribution >= 4 is 10.1 Å². The van der Waals surface area contributed by atoms with Crippen LogP contribution in [0.2, 0.25) is 0 Å².